The quantitative estimate of drug-likeness (QED) is 0.366. The number of ether oxygens (including phenoxy) is 1. The summed E-state index contributed by atoms with van der Waals surface area (Å²) in [6, 6.07) is 14.8. The Labute approximate surface area is 174 Å². The van der Waals surface area contributed by atoms with Gasteiger partial charge in [-0.15, -0.1) is 0 Å². The van der Waals surface area contributed by atoms with Crippen molar-refractivity contribution in [1.29, 1.82) is 5.41 Å². The van der Waals surface area contributed by atoms with Crippen LogP contribution < -0.4 is 16.2 Å². The maximum absolute atomic E-state index is 12.5. The van der Waals surface area contributed by atoms with Crippen molar-refractivity contribution >= 4 is 17.7 Å². The molecule has 0 aliphatic carbocycles. The summed E-state index contributed by atoms with van der Waals surface area (Å²) in [4.78, 5) is 25.1. The van der Waals surface area contributed by atoms with Crippen molar-refractivity contribution in [2.45, 2.75) is 18.9 Å². The lowest BCUT2D eigenvalue weighted by Gasteiger charge is -2.24. The number of likely N-dealkylation sites (tertiary alicyclic amines) is 1. The first-order chi connectivity index (χ1) is 14.4. The van der Waals surface area contributed by atoms with E-state index in [1.54, 1.807) is 17.0 Å². The number of carboxylic acid groups (broad SMARTS) is 1. The molecular formula is C22H26N4O4. The summed E-state index contributed by atoms with van der Waals surface area (Å²) in [5, 5.41) is 16.5. The van der Waals surface area contributed by atoms with E-state index in [0.29, 0.717) is 30.8 Å². The van der Waals surface area contributed by atoms with E-state index in [1.807, 2.05) is 36.4 Å². The SMILES string of the molecule is N=C(N)c1ccc(-c2ccc(OC[C@@H]3C[C@@H](CC(=O)O)C(=O)N3CCN)cc2)cc1. The Hall–Kier alpha value is -3.39. The summed E-state index contributed by atoms with van der Waals surface area (Å²) in [7, 11) is 0. The van der Waals surface area contributed by atoms with Crippen molar-refractivity contribution in [2.24, 2.45) is 17.4 Å². The third kappa shape index (κ3) is 4.96. The van der Waals surface area contributed by atoms with Crippen LogP contribution in [0.25, 0.3) is 11.1 Å². The largest absolute Gasteiger partial charge is 0.491 e. The molecule has 158 valence electrons. The highest BCUT2D eigenvalue weighted by molar-refractivity contribution is 5.95. The average Bonchev–Trinajstić information content (AvgIpc) is 3.01. The van der Waals surface area contributed by atoms with Gasteiger partial charge in [0.15, 0.2) is 0 Å². The van der Waals surface area contributed by atoms with Gasteiger partial charge in [-0.3, -0.25) is 15.0 Å². The number of nitrogens with two attached hydrogens (primary N) is 2. The van der Waals surface area contributed by atoms with Gasteiger partial charge in [-0.25, -0.2) is 0 Å². The van der Waals surface area contributed by atoms with Gasteiger partial charge in [0.05, 0.1) is 18.4 Å². The second kappa shape index (κ2) is 9.41. The highest BCUT2D eigenvalue weighted by Gasteiger charge is 2.40. The number of amides is 1. The summed E-state index contributed by atoms with van der Waals surface area (Å²) < 4.78 is 5.88. The van der Waals surface area contributed by atoms with Crippen molar-refractivity contribution in [1.82, 2.24) is 4.90 Å². The molecule has 1 heterocycles. The number of amidine groups is 1. The second-order valence-corrected chi connectivity index (χ2v) is 7.33. The molecule has 1 aliphatic heterocycles. The van der Waals surface area contributed by atoms with E-state index < -0.39 is 11.9 Å². The van der Waals surface area contributed by atoms with Gasteiger partial charge in [0.2, 0.25) is 5.91 Å². The van der Waals surface area contributed by atoms with Gasteiger partial charge < -0.3 is 26.2 Å². The van der Waals surface area contributed by atoms with Gasteiger partial charge in [-0.05, 0) is 29.7 Å². The Morgan fingerprint density at radius 2 is 1.73 bits per heavy atom. The molecule has 0 unspecified atom stereocenters. The van der Waals surface area contributed by atoms with E-state index in [2.05, 4.69) is 0 Å². The van der Waals surface area contributed by atoms with Crippen molar-refractivity contribution in [3.05, 3.63) is 54.1 Å². The van der Waals surface area contributed by atoms with Crippen molar-refractivity contribution in [3.8, 4) is 16.9 Å². The van der Waals surface area contributed by atoms with Crippen LogP contribution in [-0.4, -0.2) is 53.5 Å². The van der Waals surface area contributed by atoms with Gasteiger partial charge >= 0.3 is 5.97 Å². The topological polar surface area (TPSA) is 143 Å². The monoisotopic (exact) mass is 410 g/mol. The van der Waals surface area contributed by atoms with E-state index in [-0.39, 0.29) is 30.8 Å². The molecule has 2 aromatic carbocycles. The Bertz CT molecular complexity index is 912. The maximum Gasteiger partial charge on any atom is 0.304 e. The minimum Gasteiger partial charge on any atom is -0.491 e. The van der Waals surface area contributed by atoms with Crippen LogP contribution in [0.15, 0.2) is 48.5 Å². The normalized spacial score (nSPS) is 18.4. The summed E-state index contributed by atoms with van der Waals surface area (Å²) in [5.41, 5.74) is 13.8. The van der Waals surface area contributed by atoms with Gasteiger partial charge in [-0.1, -0.05) is 36.4 Å². The highest BCUT2D eigenvalue weighted by atomic mass is 16.5. The number of benzene rings is 2. The molecule has 2 atom stereocenters. The fourth-order valence-electron chi connectivity index (χ4n) is 3.72. The number of nitrogens with one attached hydrogen (secondary N) is 1. The van der Waals surface area contributed by atoms with Crippen LogP contribution in [0.4, 0.5) is 0 Å². The summed E-state index contributed by atoms with van der Waals surface area (Å²) in [6.45, 7) is 0.992. The molecule has 1 fully saturated rings. The van der Waals surface area contributed by atoms with Crippen molar-refractivity contribution < 1.29 is 19.4 Å². The fraction of sp³-hybridized carbons (Fsp3) is 0.318. The smallest absolute Gasteiger partial charge is 0.304 e. The number of aliphatic carboxylic acids is 1. The molecule has 8 heteroatoms. The molecular weight excluding hydrogens is 384 g/mol. The molecule has 0 radical (unpaired) electrons. The fourth-order valence-corrected chi connectivity index (χ4v) is 3.72. The zero-order valence-electron chi connectivity index (χ0n) is 16.6. The molecule has 8 nitrogen and oxygen atoms in total. The second-order valence-electron chi connectivity index (χ2n) is 7.33. The number of hydrogen-bond donors (Lipinski definition) is 4. The Balaban J connectivity index is 1.63. The summed E-state index contributed by atoms with van der Waals surface area (Å²) in [5.74, 6) is -0.968. The zero-order valence-corrected chi connectivity index (χ0v) is 16.6. The number of nitrogen functional groups attached to an aromatic ring is 1. The Kier molecular flexibility index (Phi) is 6.68. The number of nitrogens with zero attached hydrogens (tertiary/aromatic N) is 1. The lowest BCUT2D eigenvalue weighted by molar-refractivity contribution is -0.142. The minimum atomic E-state index is -0.977. The molecule has 1 amide bonds. The molecule has 6 N–H and O–H groups in total. The molecule has 0 aromatic heterocycles. The van der Waals surface area contributed by atoms with Crippen LogP contribution >= 0.6 is 0 Å². The van der Waals surface area contributed by atoms with Crippen molar-refractivity contribution in [3.63, 3.8) is 0 Å². The first kappa shape index (κ1) is 21.3. The van der Waals surface area contributed by atoms with E-state index in [4.69, 9.17) is 26.7 Å². The third-order valence-electron chi connectivity index (χ3n) is 5.25. The van der Waals surface area contributed by atoms with Crippen LogP contribution in [-0.2, 0) is 9.59 Å². The highest BCUT2D eigenvalue weighted by Crippen LogP contribution is 2.28. The lowest BCUT2D eigenvalue weighted by Crippen LogP contribution is -2.40. The van der Waals surface area contributed by atoms with Crippen molar-refractivity contribution in [2.75, 3.05) is 19.7 Å². The third-order valence-corrected chi connectivity index (χ3v) is 5.25. The summed E-state index contributed by atoms with van der Waals surface area (Å²) in [6.07, 6.45) is 0.277. The molecule has 0 saturated carbocycles. The van der Waals surface area contributed by atoms with Crippen LogP contribution in [0, 0.1) is 11.3 Å². The number of hydrogen-bond acceptors (Lipinski definition) is 5. The predicted octanol–water partition coefficient (Wildman–Crippen LogP) is 1.67. The van der Waals surface area contributed by atoms with E-state index in [1.165, 1.54) is 0 Å². The molecule has 2 aromatic rings. The molecule has 1 aliphatic rings. The lowest BCUT2D eigenvalue weighted by atomic mass is 10.0. The maximum atomic E-state index is 12.5. The van der Waals surface area contributed by atoms with Crippen LogP contribution in [0.1, 0.15) is 18.4 Å². The van der Waals surface area contributed by atoms with Gasteiger partial charge in [-0.2, -0.15) is 0 Å². The molecule has 1 saturated heterocycles. The molecule has 0 bridgehead atoms. The van der Waals surface area contributed by atoms with Gasteiger partial charge in [0, 0.05) is 18.7 Å². The standard InChI is InChI=1S/C22H26N4O4/c23-9-10-26-18(11-17(22(26)29)12-20(27)28)13-30-19-7-5-15(6-8-19)14-1-3-16(4-2-14)21(24)25/h1-8,17-18H,9-13,23H2,(H3,24,25)(H,27,28)/t17-,18-/m0/s1. The number of carbonyl (C=O) groups excluding carboxylic acids is 1. The average molecular weight is 410 g/mol. The van der Waals surface area contributed by atoms with E-state index in [0.717, 1.165) is 11.1 Å². The molecule has 0 spiro atoms. The number of rotatable bonds is 9. The van der Waals surface area contributed by atoms with E-state index in [9.17, 15) is 9.59 Å². The number of carbonyl (C=O) groups is 2. The first-order valence-corrected chi connectivity index (χ1v) is 9.79. The summed E-state index contributed by atoms with van der Waals surface area (Å²) >= 11 is 0. The van der Waals surface area contributed by atoms with Crippen LogP contribution in [0.5, 0.6) is 5.75 Å². The first-order valence-electron chi connectivity index (χ1n) is 9.79. The van der Waals surface area contributed by atoms with E-state index >= 15 is 0 Å². The molecule has 3 rings (SSSR count). The zero-order chi connectivity index (χ0) is 21.7. The Morgan fingerprint density at radius 3 is 2.27 bits per heavy atom. The van der Waals surface area contributed by atoms with Crippen LogP contribution in [0.2, 0.25) is 0 Å². The van der Waals surface area contributed by atoms with Gasteiger partial charge in [0.25, 0.3) is 0 Å². The van der Waals surface area contributed by atoms with Crippen LogP contribution in [0.3, 0.4) is 0 Å². The van der Waals surface area contributed by atoms with Gasteiger partial charge in [0.1, 0.15) is 18.2 Å². The molecule has 30 heavy (non-hydrogen) atoms. The number of carboxylic acids is 1. The Morgan fingerprint density at radius 1 is 1.13 bits per heavy atom. The predicted molar refractivity (Wildman–Crippen MR) is 113 cm³/mol. The minimum absolute atomic E-state index is 0.0324.